The summed E-state index contributed by atoms with van der Waals surface area (Å²) in [6.07, 6.45) is 1.47. The van der Waals surface area contributed by atoms with Crippen LogP contribution in [0.4, 0.5) is 0 Å². The van der Waals surface area contributed by atoms with Gasteiger partial charge in [0.2, 0.25) is 0 Å². The lowest BCUT2D eigenvalue weighted by molar-refractivity contribution is -0.874. The minimum absolute atomic E-state index is 0.0180. The summed E-state index contributed by atoms with van der Waals surface area (Å²) in [5.74, 6) is 0. The Morgan fingerprint density at radius 3 is 1.85 bits per heavy atom. The molecule has 0 aliphatic heterocycles. The van der Waals surface area contributed by atoms with Crippen molar-refractivity contribution >= 4 is 0 Å². The van der Waals surface area contributed by atoms with Gasteiger partial charge in [0.05, 0.1) is 26.7 Å². The van der Waals surface area contributed by atoms with E-state index in [4.69, 9.17) is 4.74 Å². The van der Waals surface area contributed by atoms with Crippen LogP contribution in [-0.4, -0.2) is 43.9 Å². The molecule has 2 heteroatoms. The summed E-state index contributed by atoms with van der Waals surface area (Å²) in [5.41, 5.74) is -0.0180. The lowest BCUT2D eigenvalue weighted by Crippen LogP contribution is -2.44. The van der Waals surface area contributed by atoms with Gasteiger partial charge in [-0.3, -0.25) is 0 Å². The summed E-state index contributed by atoms with van der Waals surface area (Å²) in [5, 5.41) is 0. The van der Waals surface area contributed by atoms with E-state index >= 15 is 0 Å². The summed E-state index contributed by atoms with van der Waals surface area (Å²) in [6.45, 7) is 9.61. The summed E-state index contributed by atoms with van der Waals surface area (Å²) in [7, 11) is 6.61. The zero-order valence-electron chi connectivity index (χ0n) is 10.3. The molecule has 0 amide bonds. The molecule has 0 aliphatic carbocycles. The Labute approximate surface area is 83.5 Å². The van der Waals surface area contributed by atoms with Gasteiger partial charge in [-0.25, -0.2) is 0 Å². The number of likely N-dealkylation sites (N-methyl/N-ethyl adjacent to an activating group) is 1. The summed E-state index contributed by atoms with van der Waals surface area (Å²) in [6, 6.07) is 0. The van der Waals surface area contributed by atoms with Crippen molar-refractivity contribution in [3.8, 4) is 0 Å². The first-order valence-corrected chi connectivity index (χ1v) is 5.12. The highest BCUT2D eigenvalue weighted by Crippen LogP contribution is 2.14. The second-order valence-corrected chi connectivity index (χ2v) is 5.73. The highest BCUT2D eigenvalue weighted by atomic mass is 16.5. The standard InChI is InChI=1S/C11H26NO/c1-8-10(9-12(5,6)7)13-11(2,3)4/h10H,8-9H2,1-7H3/q+1. The quantitative estimate of drug-likeness (QED) is 0.615. The lowest BCUT2D eigenvalue weighted by Gasteiger charge is -2.32. The van der Waals surface area contributed by atoms with Crippen LogP contribution in [0.2, 0.25) is 0 Å². The Bertz CT molecular complexity index is 125. The minimum Gasteiger partial charge on any atom is -0.367 e. The van der Waals surface area contributed by atoms with Gasteiger partial charge in [-0.05, 0) is 27.2 Å². The van der Waals surface area contributed by atoms with Crippen LogP contribution in [0.25, 0.3) is 0 Å². The molecule has 0 aliphatic rings. The van der Waals surface area contributed by atoms with E-state index < -0.39 is 0 Å². The second kappa shape index (κ2) is 4.43. The van der Waals surface area contributed by atoms with E-state index in [2.05, 4.69) is 48.8 Å². The highest BCUT2D eigenvalue weighted by Gasteiger charge is 2.22. The zero-order valence-corrected chi connectivity index (χ0v) is 10.3. The van der Waals surface area contributed by atoms with Gasteiger partial charge < -0.3 is 9.22 Å². The molecule has 0 bridgehead atoms. The van der Waals surface area contributed by atoms with E-state index in [-0.39, 0.29) is 5.60 Å². The Morgan fingerprint density at radius 2 is 1.62 bits per heavy atom. The summed E-state index contributed by atoms with van der Waals surface area (Å²) < 4.78 is 6.91. The molecule has 1 atom stereocenters. The molecule has 80 valence electrons. The maximum Gasteiger partial charge on any atom is 0.107 e. The molecule has 0 radical (unpaired) electrons. The smallest absolute Gasteiger partial charge is 0.107 e. The number of quaternary nitrogens is 1. The fraction of sp³-hybridized carbons (Fsp3) is 1.00. The van der Waals surface area contributed by atoms with E-state index in [9.17, 15) is 0 Å². The van der Waals surface area contributed by atoms with Crippen LogP contribution >= 0.6 is 0 Å². The third-order valence-corrected chi connectivity index (χ3v) is 1.73. The third kappa shape index (κ3) is 8.26. The number of ether oxygens (including phenoxy) is 1. The summed E-state index contributed by atoms with van der Waals surface area (Å²) >= 11 is 0. The van der Waals surface area contributed by atoms with Gasteiger partial charge in [-0.15, -0.1) is 0 Å². The molecule has 0 rings (SSSR count). The van der Waals surface area contributed by atoms with Crippen LogP contribution in [0.15, 0.2) is 0 Å². The average Bonchev–Trinajstić information content (AvgIpc) is 1.79. The third-order valence-electron chi connectivity index (χ3n) is 1.73. The average molecular weight is 188 g/mol. The van der Waals surface area contributed by atoms with E-state index in [1.807, 2.05) is 0 Å². The van der Waals surface area contributed by atoms with Gasteiger partial charge in [0.1, 0.15) is 12.6 Å². The van der Waals surface area contributed by atoms with Gasteiger partial charge in [0.25, 0.3) is 0 Å². The van der Waals surface area contributed by atoms with Crippen LogP contribution in [-0.2, 0) is 4.74 Å². The largest absolute Gasteiger partial charge is 0.367 e. The first-order valence-electron chi connectivity index (χ1n) is 5.12. The van der Waals surface area contributed by atoms with Crippen molar-refractivity contribution in [1.29, 1.82) is 0 Å². The first-order chi connectivity index (χ1) is 5.64. The highest BCUT2D eigenvalue weighted by molar-refractivity contribution is 4.64. The van der Waals surface area contributed by atoms with E-state index in [0.717, 1.165) is 17.4 Å². The Balaban J connectivity index is 4.05. The van der Waals surface area contributed by atoms with Gasteiger partial charge in [-0.1, -0.05) is 6.92 Å². The molecule has 0 spiro atoms. The van der Waals surface area contributed by atoms with E-state index in [1.54, 1.807) is 0 Å². The number of rotatable bonds is 4. The van der Waals surface area contributed by atoms with Crippen molar-refractivity contribution in [2.24, 2.45) is 0 Å². The Kier molecular flexibility index (Phi) is 4.40. The predicted molar refractivity (Wildman–Crippen MR) is 57.8 cm³/mol. The van der Waals surface area contributed by atoms with Crippen molar-refractivity contribution in [2.75, 3.05) is 27.7 Å². The van der Waals surface area contributed by atoms with Crippen LogP contribution in [0.3, 0.4) is 0 Å². The normalized spacial score (nSPS) is 15.9. The summed E-state index contributed by atoms with van der Waals surface area (Å²) in [4.78, 5) is 0. The monoisotopic (exact) mass is 188 g/mol. The van der Waals surface area contributed by atoms with Gasteiger partial charge in [-0.2, -0.15) is 0 Å². The van der Waals surface area contributed by atoms with Crippen LogP contribution in [0.1, 0.15) is 34.1 Å². The van der Waals surface area contributed by atoms with Crippen molar-refractivity contribution in [3.05, 3.63) is 0 Å². The lowest BCUT2D eigenvalue weighted by atomic mass is 10.1. The Morgan fingerprint density at radius 1 is 1.15 bits per heavy atom. The topological polar surface area (TPSA) is 9.23 Å². The maximum absolute atomic E-state index is 5.95. The molecule has 0 saturated carbocycles. The number of hydrogen-bond acceptors (Lipinski definition) is 1. The predicted octanol–water partition coefficient (Wildman–Crippen LogP) is 2.29. The fourth-order valence-electron chi connectivity index (χ4n) is 1.36. The zero-order chi connectivity index (χ0) is 10.7. The molecule has 0 saturated heterocycles. The molecule has 1 unspecified atom stereocenters. The number of nitrogens with zero attached hydrogens (tertiary/aromatic N) is 1. The molecule has 0 aromatic heterocycles. The van der Waals surface area contributed by atoms with Crippen LogP contribution in [0, 0.1) is 0 Å². The van der Waals surface area contributed by atoms with E-state index in [0.29, 0.717) is 6.10 Å². The SMILES string of the molecule is CCC(C[N+](C)(C)C)OC(C)(C)C. The minimum atomic E-state index is -0.0180. The van der Waals surface area contributed by atoms with Crippen LogP contribution < -0.4 is 0 Å². The van der Waals surface area contributed by atoms with Crippen LogP contribution in [0.5, 0.6) is 0 Å². The first kappa shape index (κ1) is 12.9. The molecule has 0 heterocycles. The number of hydrogen-bond donors (Lipinski definition) is 0. The van der Waals surface area contributed by atoms with Gasteiger partial charge in [0, 0.05) is 0 Å². The molecule has 0 N–H and O–H groups in total. The van der Waals surface area contributed by atoms with Crippen molar-refractivity contribution < 1.29 is 9.22 Å². The second-order valence-electron chi connectivity index (χ2n) is 5.73. The van der Waals surface area contributed by atoms with Crippen molar-refractivity contribution in [1.82, 2.24) is 0 Å². The Hall–Kier alpha value is -0.0800. The molecule has 0 aromatic carbocycles. The molecule has 0 aromatic rings. The molecule has 13 heavy (non-hydrogen) atoms. The molecular weight excluding hydrogens is 162 g/mol. The maximum atomic E-state index is 5.95. The van der Waals surface area contributed by atoms with Gasteiger partial charge in [0.15, 0.2) is 0 Å². The van der Waals surface area contributed by atoms with Crippen molar-refractivity contribution in [2.45, 2.75) is 45.8 Å². The van der Waals surface area contributed by atoms with E-state index in [1.165, 1.54) is 0 Å². The molecular formula is C11H26NO+. The van der Waals surface area contributed by atoms with Gasteiger partial charge >= 0.3 is 0 Å². The molecule has 0 fully saturated rings. The fourth-order valence-corrected chi connectivity index (χ4v) is 1.36. The van der Waals surface area contributed by atoms with Crippen molar-refractivity contribution in [3.63, 3.8) is 0 Å². The molecule has 2 nitrogen and oxygen atoms in total.